The van der Waals surface area contributed by atoms with Crippen molar-refractivity contribution in [3.8, 4) is 5.75 Å². The van der Waals surface area contributed by atoms with Crippen molar-refractivity contribution in [2.24, 2.45) is 5.92 Å². The second-order valence-electron chi connectivity index (χ2n) is 5.99. The Morgan fingerprint density at radius 1 is 1.33 bits per heavy atom. The summed E-state index contributed by atoms with van der Waals surface area (Å²) >= 11 is 3.50. The molecule has 1 spiro atoms. The van der Waals surface area contributed by atoms with E-state index in [1.807, 2.05) is 24.3 Å². The Bertz CT molecular complexity index is 779. The van der Waals surface area contributed by atoms with Crippen molar-refractivity contribution in [2.75, 3.05) is 13.7 Å². The summed E-state index contributed by atoms with van der Waals surface area (Å²) in [5.41, 5.74) is 1.12. The molecular formula is C15H17NO5S3. The Morgan fingerprint density at radius 3 is 2.75 bits per heavy atom. The van der Waals surface area contributed by atoms with Gasteiger partial charge in [-0.05, 0) is 35.9 Å². The number of hydroxylamine groups is 2. The van der Waals surface area contributed by atoms with Crippen LogP contribution in [0.3, 0.4) is 0 Å². The molecule has 24 heavy (non-hydrogen) atoms. The van der Waals surface area contributed by atoms with Crippen LogP contribution in [0, 0.1) is 5.92 Å². The normalized spacial score (nSPS) is 32.5. The van der Waals surface area contributed by atoms with Crippen molar-refractivity contribution >= 4 is 38.8 Å². The monoisotopic (exact) mass is 387 g/mol. The highest BCUT2D eigenvalue weighted by atomic mass is 32.3. The van der Waals surface area contributed by atoms with Crippen molar-refractivity contribution in [3.05, 3.63) is 35.2 Å². The van der Waals surface area contributed by atoms with Gasteiger partial charge >= 0.3 is 10.4 Å². The summed E-state index contributed by atoms with van der Waals surface area (Å²) in [6.45, 7) is 0.516. The largest absolute Gasteiger partial charge is 0.497 e. The molecule has 4 rings (SSSR count). The van der Waals surface area contributed by atoms with Gasteiger partial charge in [-0.15, -0.1) is 23.5 Å². The van der Waals surface area contributed by atoms with Gasteiger partial charge in [-0.25, -0.2) is 0 Å². The summed E-state index contributed by atoms with van der Waals surface area (Å²) in [6, 6.07) is 7.90. The van der Waals surface area contributed by atoms with Gasteiger partial charge in [-0.1, -0.05) is 12.1 Å². The maximum Gasteiger partial charge on any atom is 0.413 e. The number of nitrogens with zero attached hydrogens (tertiary/aromatic N) is 1. The number of rotatable bonds is 4. The molecule has 0 radical (unpaired) electrons. The number of methoxy groups -OCH3 is 1. The van der Waals surface area contributed by atoms with Crippen LogP contribution < -0.4 is 4.74 Å². The predicted octanol–water partition coefficient (Wildman–Crippen LogP) is 3.00. The highest BCUT2D eigenvalue weighted by Gasteiger charge is 2.71. The van der Waals surface area contributed by atoms with Gasteiger partial charge in [0.2, 0.25) is 0 Å². The average molecular weight is 388 g/mol. The molecule has 3 unspecified atom stereocenters. The molecule has 2 fully saturated rings. The molecule has 9 heteroatoms. The summed E-state index contributed by atoms with van der Waals surface area (Å²) in [4.78, 5) is 1.17. The van der Waals surface area contributed by atoms with Gasteiger partial charge in [0.15, 0.2) is 0 Å². The Kier molecular flexibility index (Phi) is 4.13. The Hall–Kier alpha value is -0.710. The molecule has 0 amide bonds. The van der Waals surface area contributed by atoms with Crippen LogP contribution in [0.1, 0.15) is 18.4 Å². The standard InChI is InChI=1S/C15H17NO5S3/c1-20-11-6-4-10(5-7-11)13-9-22-15(23-13)12-3-2-8-16(14(12)15)21-24(17,18)19/h4-7,9,12,14H,2-3,8H2,1H3,(H,17,18,19). The summed E-state index contributed by atoms with van der Waals surface area (Å²) in [6.07, 6.45) is 1.90. The van der Waals surface area contributed by atoms with E-state index in [1.165, 1.54) is 9.97 Å². The first-order chi connectivity index (χ1) is 11.4. The van der Waals surface area contributed by atoms with Crippen LogP contribution in [0.2, 0.25) is 0 Å². The van der Waals surface area contributed by atoms with E-state index in [4.69, 9.17) is 13.6 Å². The average Bonchev–Trinajstić information content (AvgIpc) is 2.96. The molecule has 1 aliphatic carbocycles. The second-order valence-corrected chi connectivity index (χ2v) is 9.72. The molecule has 130 valence electrons. The van der Waals surface area contributed by atoms with Crippen LogP contribution in [-0.2, 0) is 14.7 Å². The Labute approximate surface area is 149 Å². The summed E-state index contributed by atoms with van der Waals surface area (Å²) in [5, 5.41) is 3.57. The van der Waals surface area contributed by atoms with Gasteiger partial charge in [0.1, 0.15) is 5.75 Å². The number of ether oxygens (including phenoxy) is 1. The van der Waals surface area contributed by atoms with E-state index in [0.29, 0.717) is 12.5 Å². The molecule has 0 bridgehead atoms. The maximum absolute atomic E-state index is 11.1. The van der Waals surface area contributed by atoms with Crippen molar-refractivity contribution < 1.29 is 22.0 Å². The van der Waals surface area contributed by atoms with Gasteiger partial charge in [0.05, 0.1) is 17.2 Å². The van der Waals surface area contributed by atoms with E-state index in [2.05, 4.69) is 5.41 Å². The lowest BCUT2D eigenvalue weighted by Crippen LogP contribution is -2.35. The molecule has 3 aliphatic rings. The van der Waals surface area contributed by atoms with E-state index in [1.54, 1.807) is 30.6 Å². The third-order valence-electron chi connectivity index (χ3n) is 4.59. The third kappa shape index (κ3) is 2.87. The highest BCUT2D eigenvalue weighted by molar-refractivity contribution is 8.27. The quantitative estimate of drug-likeness (QED) is 0.790. The van der Waals surface area contributed by atoms with E-state index in [9.17, 15) is 8.42 Å². The lowest BCUT2D eigenvalue weighted by Gasteiger charge is -2.23. The Balaban J connectivity index is 1.50. The fourth-order valence-electron chi connectivity index (χ4n) is 3.50. The van der Waals surface area contributed by atoms with E-state index >= 15 is 0 Å². The predicted molar refractivity (Wildman–Crippen MR) is 94.7 cm³/mol. The molecule has 2 heterocycles. The molecule has 0 aromatic heterocycles. The Morgan fingerprint density at radius 2 is 2.08 bits per heavy atom. The van der Waals surface area contributed by atoms with E-state index in [0.717, 1.165) is 24.2 Å². The SMILES string of the molecule is COc1ccc(C2=CSC3(S2)C2CCCN(OS(=O)(=O)O)C23)cc1. The molecular weight excluding hydrogens is 370 g/mol. The first-order valence-electron chi connectivity index (χ1n) is 7.58. The summed E-state index contributed by atoms with van der Waals surface area (Å²) in [5.74, 6) is 1.17. The fourth-order valence-corrected chi connectivity index (χ4v) is 7.39. The number of hydrogen-bond acceptors (Lipinski definition) is 7. The fraction of sp³-hybridized carbons (Fsp3) is 0.467. The molecule has 2 aliphatic heterocycles. The molecule has 1 saturated carbocycles. The first kappa shape index (κ1) is 16.7. The van der Waals surface area contributed by atoms with Gasteiger partial charge in [-0.3, -0.25) is 4.55 Å². The zero-order valence-corrected chi connectivity index (χ0v) is 15.4. The van der Waals surface area contributed by atoms with Crippen LogP contribution in [0.5, 0.6) is 5.75 Å². The smallest absolute Gasteiger partial charge is 0.413 e. The highest BCUT2D eigenvalue weighted by Crippen LogP contribution is 2.73. The number of piperidine rings is 1. The topological polar surface area (TPSA) is 76.1 Å². The molecule has 3 atom stereocenters. The summed E-state index contributed by atoms with van der Waals surface area (Å²) < 4.78 is 41.0. The van der Waals surface area contributed by atoms with Crippen molar-refractivity contribution in [1.82, 2.24) is 5.06 Å². The third-order valence-corrected chi connectivity index (χ3v) is 8.36. The number of fused-ring (bicyclic) bond motifs is 3. The molecule has 1 saturated heterocycles. The van der Waals surface area contributed by atoms with Crippen LogP contribution in [0.25, 0.3) is 4.91 Å². The minimum Gasteiger partial charge on any atom is -0.497 e. The molecule has 1 aromatic rings. The van der Waals surface area contributed by atoms with Gasteiger partial charge in [0.25, 0.3) is 0 Å². The first-order valence-corrected chi connectivity index (χ1v) is 10.6. The van der Waals surface area contributed by atoms with E-state index < -0.39 is 10.4 Å². The zero-order valence-electron chi connectivity index (χ0n) is 12.9. The van der Waals surface area contributed by atoms with Crippen molar-refractivity contribution in [2.45, 2.75) is 23.0 Å². The van der Waals surface area contributed by atoms with Crippen molar-refractivity contribution in [3.63, 3.8) is 0 Å². The lowest BCUT2D eigenvalue weighted by atomic mass is 10.2. The van der Waals surface area contributed by atoms with Gasteiger partial charge in [0, 0.05) is 17.4 Å². The molecule has 1 N–H and O–H groups in total. The maximum atomic E-state index is 11.1. The lowest BCUT2D eigenvalue weighted by molar-refractivity contribution is -0.0843. The molecule has 1 aromatic carbocycles. The minimum absolute atomic E-state index is 0.00447. The minimum atomic E-state index is -4.47. The van der Waals surface area contributed by atoms with Crippen molar-refractivity contribution in [1.29, 1.82) is 0 Å². The van der Waals surface area contributed by atoms with Crippen LogP contribution in [-0.4, -0.2) is 41.8 Å². The van der Waals surface area contributed by atoms with Gasteiger partial charge < -0.3 is 4.74 Å². The molecule has 6 nitrogen and oxygen atoms in total. The second kappa shape index (κ2) is 5.93. The number of benzene rings is 1. The van der Waals surface area contributed by atoms with Gasteiger partial charge in [-0.2, -0.15) is 17.8 Å². The zero-order chi connectivity index (χ0) is 16.9. The van der Waals surface area contributed by atoms with E-state index in [-0.39, 0.29) is 10.1 Å². The van der Waals surface area contributed by atoms with Crippen LogP contribution in [0.4, 0.5) is 0 Å². The van der Waals surface area contributed by atoms with Crippen LogP contribution >= 0.6 is 23.5 Å². The number of hydrogen-bond donors (Lipinski definition) is 1. The van der Waals surface area contributed by atoms with Crippen LogP contribution in [0.15, 0.2) is 29.7 Å². The summed E-state index contributed by atoms with van der Waals surface area (Å²) in [7, 11) is -2.83. The number of thioether (sulfide) groups is 2.